The molecule has 2 heterocycles. The van der Waals surface area contributed by atoms with E-state index in [9.17, 15) is 4.79 Å². The molecule has 1 aliphatic rings. The molecule has 1 aromatic rings. The molecular weight excluding hydrogens is 256 g/mol. The number of amides is 2. The Morgan fingerprint density at radius 2 is 2.11 bits per heavy atom. The maximum Gasteiger partial charge on any atom is 0.317 e. The summed E-state index contributed by atoms with van der Waals surface area (Å²) in [5.74, 6) is 1.16. The summed E-state index contributed by atoms with van der Waals surface area (Å²) in [4.78, 5) is 15.5. The normalized spacial score (nSPS) is 18.6. The van der Waals surface area contributed by atoms with Crippen molar-refractivity contribution >= 4 is 17.4 Å². The first-order valence-electron chi connectivity index (χ1n) is 7.16. The molecule has 0 spiro atoms. The minimum Gasteiger partial charge on any atom is -0.330 e. The predicted molar refractivity (Wildman–Crippen MR) is 80.4 cm³/mol. The molecule has 1 N–H and O–H groups in total. The second kappa shape index (κ2) is 6.42. The third-order valence-electron chi connectivity index (χ3n) is 3.87. The van der Waals surface area contributed by atoms with Crippen LogP contribution in [-0.2, 0) is 0 Å². The highest BCUT2D eigenvalue weighted by Crippen LogP contribution is 2.26. The van der Waals surface area contributed by atoms with Gasteiger partial charge in [0.25, 0.3) is 0 Å². The van der Waals surface area contributed by atoms with Gasteiger partial charge in [0.1, 0.15) is 0 Å². The van der Waals surface area contributed by atoms with E-state index < -0.39 is 0 Å². The first kappa shape index (κ1) is 14.4. The van der Waals surface area contributed by atoms with Crippen LogP contribution >= 0.6 is 11.3 Å². The Kier molecular flexibility index (Phi) is 4.86. The van der Waals surface area contributed by atoms with Crippen molar-refractivity contribution in [2.45, 2.75) is 39.7 Å². The topological polar surface area (TPSA) is 32.3 Å². The van der Waals surface area contributed by atoms with Crippen LogP contribution in [-0.4, -0.2) is 24.0 Å². The zero-order chi connectivity index (χ0) is 13.8. The summed E-state index contributed by atoms with van der Waals surface area (Å²) < 4.78 is 0. The fourth-order valence-electron chi connectivity index (χ4n) is 2.47. The monoisotopic (exact) mass is 280 g/mol. The number of piperidine rings is 1. The predicted octanol–water partition coefficient (Wildman–Crippen LogP) is 3.89. The van der Waals surface area contributed by atoms with Gasteiger partial charge < -0.3 is 10.2 Å². The van der Waals surface area contributed by atoms with Gasteiger partial charge in [-0.3, -0.25) is 0 Å². The van der Waals surface area contributed by atoms with Gasteiger partial charge in [-0.2, -0.15) is 0 Å². The molecule has 0 aromatic carbocycles. The second-order valence-corrected chi connectivity index (χ2v) is 6.84. The Morgan fingerprint density at radius 3 is 2.63 bits per heavy atom. The number of urea groups is 1. The number of hydrogen-bond acceptors (Lipinski definition) is 2. The second-order valence-electron chi connectivity index (χ2n) is 5.86. The summed E-state index contributed by atoms with van der Waals surface area (Å²) in [5.41, 5.74) is 0. The Bertz CT molecular complexity index is 394. The SMILES string of the molecule is CC1CCN(C(=O)NC(c2cccs2)C(C)C)CC1. The lowest BCUT2D eigenvalue weighted by atomic mass is 9.99. The molecule has 1 fully saturated rings. The van der Waals surface area contributed by atoms with Crippen molar-refractivity contribution in [1.29, 1.82) is 0 Å². The van der Waals surface area contributed by atoms with E-state index in [1.165, 1.54) is 4.88 Å². The Labute approximate surface area is 120 Å². The molecule has 0 bridgehead atoms. The molecule has 0 saturated carbocycles. The molecular formula is C15H24N2OS. The Hall–Kier alpha value is -1.03. The van der Waals surface area contributed by atoms with E-state index in [-0.39, 0.29) is 12.1 Å². The van der Waals surface area contributed by atoms with Gasteiger partial charge in [-0.1, -0.05) is 26.8 Å². The molecule has 0 aliphatic carbocycles. The minimum atomic E-state index is 0.0963. The van der Waals surface area contributed by atoms with Crippen LogP contribution in [0.2, 0.25) is 0 Å². The number of likely N-dealkylation sites (tertiary alicyclic amines) is 1. The van der Waals surface area contributed by atoms with Crippen molar-refractivity contribution < 1.29 is 4.79 Å². The van der Waals surface area contributed by atoms with Crippen LogP contribution < -0.4 is 5.32 Å². The molecule has 2 amide bonds. The summed E-state index contributed by atoms with van der Waals surface area (Å²) in [6, 6.07) is 4.38. The molecule has 19 heavy (non-hydrogen) atoms. The summed E-state index contributed by atoms with van der Waals surface area (Å²) in [6.45, 7) is 8.36. The summed E-state index contributed by atoms with van der Waals surface area (Å²) in [5, 5.41) is 5.27. The quantitative estimate of drug-likeness (QED) is 0.895. The van der Waals surface area contributed by atoms with E-state index in [0.717, 1.165) is 31.8 Å². The van der Waals surface area contributed by atoms with Crippen molar-refractivity contribution in [3.8, 4) is 0 Å². The molecule has 1 aromatic heterocycles. The van der Waals surface area contributed by atoms with E-state index in [1.54, 1.807) is 11.3 Å². The molecule has 2 rings (SSSR count). The van der Waals surface area contributed by atoms with Gasteiger partial charge in [0.15, 0.2) is 0 Å². The Balaban J connectivity index is 1.96. The van der Waals surface area contributed by atoms with E-state index in [1.807, 2.05) is 11.0 Å². The highest BCUT2D eigenvalue weighted by molar-refractivity contribution is 7.10. The van der Waals surface area contributed by atoms with E-state index >= 15 is 0 Å². The molecule has 0 radical (unpaired) electrons. The van der Waals surface area contributed by atoms with Crippen LogP contribution in [0.3, 0.4) is 0 Å². The summed E-state index contributed by atoms with van der Waals surface area (Å²) >= 11 is 1.72. The lowest BCUT2D eigenvalue weighted by Crippen LogP contribution is -2.46. The summed E-state index contributed by atoms with van der Waals surface area (Å²) in [6.07, 6.45) is 2.25. The van der Waals surface area contributed by atoms with Gasteiger partial charge in [0, 0.05) is 18.0 Å². The highest BCUT2D eigenvalue weighted by atomic mass is 32.1. The highest BCUT2D eigenvalue weighted by Gasteiger charge is 2.24. The first-order chi connectivity index (χ1) is 9.08. The third-order valence-corrected chi connectivity index (χ3v) is 4.82. The summed E-state index contributed by atoms with van der Waals surface area (Å²) in [7, 11) is 0. The molecule has 4 heteroatoms. The number of nitrogens with one attached hydrogen (secondary N) is 1. The molecule has 1 aliphatic heterocycles. The minimum absolute atomic E-state index is 0.0963. The maximum absolute atomic E-state index is 12.3. The Morgan fingerprint density at radius 1 is 1.42 bits per heavy atom. The average Bonchev–Trinajstić information content (AvgIpc) is 2.89. The fraction of sp³-hybridized carbons (Fsp3) is 0.667. The lowest BCUT2D eigenvalue weighted by molar-refractivity contribution is 0.168. The van der Waals surface area contributed by atoms with E-state index in [2.05, 4.69) is 37.5 Å². The van der Waals surface area contributed by atoms with Crippen molar-refractivity contribution in [2.75, 3.05) is 13.1 Å². The average molecular weight is 280 g/mol. The van der Waals surface area contributed by atoms with Gasteiger partial charge in [-0.15, -0.1) is 11.3 Å². The molecule has 3 nitrogen and oxygen atoms in total. The lowest BCUT2D eigenvalue weighted by Gasteiger charge is -2.32. The first-order valence-corrected chi connectivity index (χ1v) is 8.04. The number of nitrogens with zero attached hydrogens (tertiary/aromatic N) is 1. The van der Waals surface area contributed by atoms with Crippen molar-refractivity contribution in [3.05, 3.63) is 22.4 Å². The standard InChI is InChI=1S/C15H24N2OS/c1-11(2)14(13-5-4-10-19-13)16-15(18)17-8-6-12(3)7-9-17/h4-5,10-12,14H,6-9H2,1-3H3,(H,16,18). The van der Waals surface area contributed by atoms with Gasteiger partial charge in [-0.05, 0) is 36.1 Å². The van der Waals surface area contributed by atoms with Crippen molar-refractivity contribution in [2.24, 2.45) is 11.8 Å². The number of hydrogen-bond donors (Lipinski definition) is 1. The molecule has 1 unspecified atom stereocenters. The van der Waals surface area contributed by atoms with Gasteiger partial charge in [-0.25, -0.2) is 4.79 Å². The maximum atomic E-state index is 12.3. The van der Waals surface area contributed by atoms with Crippen LogP contribution in [0, 0.1) is 11.8 Å². The number of rotatable bonds is 3. The van der Waals surface area contributed by atoms with Crippen LogP contribution in [0.25, 0.3) is 0 Å². The van der Waals surface area contributed by atoms with Gasteiger partial charge in [0.2, 0.25) is 0 Å². The number of thiophene rings is 1. The zero-order valence-corrected chi connectivity index (χ0v) is 12.9. The van der Waals surface area contributed by atoms with Crippen LogP contribution in [0.5, 0.6) is 0 Å². The number of carbonyl (C=O) groups is 1. The van der Waals surface area contributed by atoms with Crippen molar-refractivity contribution in [1.82, 2.24) is 10.2 Å². The smallest absolute Gasteiger partial charge is 0.317 e. The van der Waals surface area contributed by atoms with Gasteiger partial charge in [0.05, 0.1) is 6.04 Å². The molecule has 1 saturated heterocycles. The van der Waals surface area contributed by atoms with Crippen LogP contribution in [0.4, 0.5) is 4.79 Å². The fourth-order valence-corrected chi connectivity index (χ4v) is 3.42. The zero-order valence-electron chi connectivity index (χ0n) is 12.1. The number of carbonyl (C=O) groups excluding carboxylic acids is 1. The van der Waals surface area contributed by atoms with Crippen molar-refractivity contribution in [3.63, 3.8) is 0 Å². The molecule has 106 valence electrons. The van der Waals surface area contributed by atoms with Crippen LogP contribution in [0.15, 0.2) is 17.5 Å². The van der Waals surface area contributed by atoms with Crippen LogP contribution in [0.1, 0.15) is 44.5 Å². The van der Waals surface area contributed by atoms with E-state index in [0.29, 0.717) is 5.92 Å². The van der Waals surface area contributed by atoms with E-state index in [4.69, 9.17) is 0 Å². The molecule has 1 atom stereocenters. The largest absolute Gasteiger partial charge is 0.330 e. The van der Waals surface area contributed by atoms with Gasteiger partial charge >= 0.3 is 6.03 Å². The third kappa shape index (κ3) is 3.72.